The number of likely N-dealkylation sites (tertiary alicyclic amines) is 1. The third-order valence-electron chi connectivity index (χ3n) is 3.89. The molecule has 1 N–H and O–H groups in total. The maximum Gasteiger partial charge on any atom is 0.417 e. The lowest BCUT2D eigenvalue weighted by Gasteiger charge is -2.23. The first kappa shape index (κ1) is 21.8. The third-order valence-corrected chi connectivity index (χ3v) is 3.89. The van der Waals surface area contributed by atoms with Crippen LogP contribution in [0, 0.1) is 5.41 Å². The van der Waals surface area contributed by atoms with Crippen LogP contribution in [-0.2, 0) is 6.18 Å². The van der Waals surface area contributed by atoms with Gasteiger partial charge in [-0.2, -0.15) is 13.2 Å². The molecule has 0 atom stereocenters. The summed E-state index contributed by atoms with van der Waals surface area (Å²) in [5.41, 5.74) is -0.511. The number of nitrogens with zero attached hydrogens (tertiary/aromatic N) is 3. The minimum atomic E-state index is -4.39. The molecule has 0 amide bonds. The Labute approximate surface area is 163 Å². The van der Waals surface area contributed by atoms with Crippen molar-refractivity contribution in [2.45, 2.75) is 26.4 Å². The molecule has 9 heteroatoms. The first-order valence-corrected chi connectivity index (χ1v) is 7.83. The Morgan fingerprint density at radius 2 is 2.12 bits per heavy atom. The Hall–Kier alpha value is -1.26. The maximum absolute atomic E-state index is 12.4. The van der Waals surface area contributed by atoms with Crippen LogP contribution in [0.2, 0.25) is 0 Å². The molecule has 1 aromatic rings. The minimum absolute atomic E-state index is 0. The molecule has 0 radical (unpaired) electrons. The van der Waals surface area contributed by atoms with E-state index in [0.717, 1.165) is 37.7 Å². The summed E-state index contributed by atoms with van der Waals surface area (Å²) in [6.07, 6.45) is -2.50. The first-order valence-electron chi connectivity index (χ1n) is 7.83. The van der Waals surface area contributed by atoms with Crippen molar-refractivity contribution in [3.63, 3.8) is 0 Å². The molecule has 1 aliphatic heterocycles. The number of aliphatic imine (C=N–C) groups is 1. The Morgan fingerprint density at radius 1 is 1.40 bits per heavy atom. The van der Waals surface area contributed by atoms with Crippen LogP contribution in [0.25, 0.3) is 0 Å². The van der Waals surface area contributed by atoms with Gasteiger partial charge in [-0.1, -0.05) is 13.8 Å². The second-order valence-corrected chi connectivity index (χ2v) is 6.54. The average Bonchev–Trinajstić information content (AvgIpc) is 2.87. The van der Waals surface area contributed by atoms with Crippen LogP contribution in [0.5, 0.6) is 5.88 Å². The van der Waals surface area contributed by atoms with E-state index in [1.807, 2.05) is 0 Å². The third kappa shape index (κ3) is 6.52. The lowest BCUT2D eigenvalue weighted by Crippen LogP contribution is -2.42. The Morgan fingerprint density at radius 3 is 2.60 bits per heavy atom. The first-order chi connectivity index (χ1) is 11.2. The lowest BCUT2D eigenvalue weighted by molar-refractivity contribution is -0.137. The average molecular weight is 472 g/mol. The number of aromatic nitrogens is 1. The summed E-state index contributed by atoms with van der Waals surface area (Å²) in [4.78, 5) is 10.1. The number of alkyl halides is 3. The number of nitrogens with one attached hydrogen (secondary N) is 1. The van der Waals surface area contributed by atoms with E-state index in [1.54, 1.807) is 7.05 Å². The summed E-state index contributed by atoms with van der Waals surface area (Å²) in [5.74, 6) is 0.978. The highest BCUT2D eigenvalue weighted by atomic mass is 127. The fraction of sp³-hybridized carbons (Fsp3) is 0.625. The van der Waals surface area contributed by atoms with Crippen LogP contribution in [0.3, 0.4) is 0 Å². The molecular weight excluding hydrogens is 448 g/mol. The van der Waals surface area contributed by atoms with Crippen LogP contribution in [-0.4, -0.2) is 49.1 Å². The Bertz CT molecular complexity index is 576. The SMILES string of the molecule is CN=C(NCCOc1ccc(C(F)(F)F)cn1)N1CCC(C)(C)C1.I. The van der Waals surface area contributed by atoms with Crippen molar-refractivity contribution < 1.29 is 17.9 Å². The van der Waals surface area contributed by atoms with E-state index in [2.05, 4.69) is 34.0 Å². The molecule has 0 aliphatic carbocycles. The van der Waals surface area contributed by atoms with Crippen LogP contribution < -0.4 is 10.1 Å². The van der Waals surface area contributed by atoms with Crippen LogP contribution in [0.4, 0.5) is 13.2 Å². The van der Waals surface area contributed by atoms with E-state index in [1.165, 1.54) is 6.07 Å². The van der Waals surface area contributed by atoms with Crippen molar-refractivity contribution in [1.29, 1.82) is 0 Å². The molecule has 1 fully saturated rings. The zero-order chi connectivity index (χ0) is 17.8. The highest BCUT2D eigenvalue weighted by Crippen LogP contribution is 2.29. The van der Waals surface area contributed by atoms with Gasteiger partial charge >= 0.3 is 6.18 Å². The smallest absolute Gasteiger partial charge is 0.417 e. The van der Waals surface area contributed by atoms with Gasteiger partial charge in [0.15, 0.2) is 5.96 Å². The van der Waals surface area contributed by atoms with E-state index in [-0.39, 0.29) is 41.9 Å². The standard InChI is InChI=1S/C16H23F3N4O.HI/c1-15(2)6-8-23(11-15)14(20-3)21-7-9-24-13-5-4-12(10-22-13)16(17,18)19;/h4-5,10H,6-9,11H2,1-3H3,(H,20,21);1H. The van der Waals surface area contributed by atoms with Gasteiger partial charge in [-0.15, -0.1) is 24.0 Å². The summed E-state index contributed by atoms with van der Waals surface area (Å²) >= 11 is 0. The van der Waals surface area contributed by atoms with Crippen LogP contribution in [0.1, 0.15) is 25.8 Å². The molecule has 0 spiro atoms. The molecule has 0 bridgehead atoms. The fourth-order valence-electron chi connectivity index (χ4n) is 2.58. The van der Waals surface area contributed by atoms with Crippen LogP contribution >= 0.6 is 24.0 Å². The summed E-state index contributed by atoms with van der Waals surface area (Å²) in [7, 11) is 1.73. The molecule has 142 valence electrons. The number of ether oxygens (including phenoxy) is 1. The predicted octanol–water partition coefficient (Wildman–Crippen LogP) is 3.40. The quantitative estimate of drug-likeness (QED) is 0.316. The predicted molar refractivity (Wildman–Crippen MR) is 101 cm³/mol. The Balaban J connectivity index is 0.00000312. The van der Waals surface area contributed by atoms with E-state index >= 15 is 0 Å². The van der Waals surface area contributed by atoms with Gasteiger partial charge in [0.05, 0.1) is 12.1 Å². The summed E-state index contributed by atoms with van der Waals surface area (Å²) in [5, 5.41) is 3.20. The normalized spacial score (nSPS) is 17.2. The van der Waals surface area contributed by atoms with Gasteiger partial charge in [0, 0.05) is 32.4 Å². The molecule has 5 nitrogen and oxygen atoms in total. The van der Waals surface area contributed by atoms with Crippen molar-refractivity contribution in [3.05, 3.63) is 23.9 Å². The number of hydrogen-bond acceptors (Lipinski definition) is 3. The van der Waals surface area contributed by atoms with E-state index < -0.39 is 11.7 Å². The number of guanidine groups is 1. The van der Waals surface area contributed by atoms with Crippen molar-refractivity contribution in [2.75, 3.05) is 33.3 Å². The molecule has 0 unspecified atom stereocenters. The van der Waals surface area contributed by atoms with Gasteiger partial charge in [0.25, 0.3) is 0 Å². The monoisotopic (exact) mass is 472 g/mol. The molecule has 1 saturated heterocycles. The molecule has 0 saturated carbocycles. The van der Waals surface area contributed by atoms with Crippen LogP contribution in [0.15, 0.2) is 23.3 Å². The van der Waals surface area contributed by atoms with Crippen molar-refractivity contribution in [2.24, 2.45) is 10.4 Å². The Kier molecular flexibility index (Phi) is 7.76. The van der Waals surface area contributed by atoms with Gasteiger partial charge in [0.2, 0.25) is 5.88 Å². The zero-order valence-corrected chi connectivity index (χ0v) is 16.9. The molecular formula is C16H24F3IN4O. The van der Waals surface area contributed by atoms with Gasteiger partial charge < -0.3 is 15.0 Å². The zero-order valence-electron chi connectivity index (χ0n) is 14.6. The van der Waals surface area contributed by atoms with Gasteiger partial charge in [-0.3, -0.25) is 4.99 Å². The van der Waals surface area contributed by atoms with Crippen molar-refractivity contribution in [3.8, 4) is 5.88 Å². The number of pyridine rings is 1. The van der Waals surface area contributed by atoms with E-state index in [4.69, 9.17) is 4.74 Å². The number of halogens is 4. The van der Waals surface area contributed by atoms with E-state index in [9.17, 15) is 13.2 Å². The largest absolute Gasteiger partial charge is 0.476 e. The highest BCUT2D eigenvalue weighted by molar-refractivity contribution is 14.0. The number of hydrogen-bond donors (Lipinski definition) is 1. The van der Waals surface area contributed by atoms with Gasteiger partial charge in [-0.25, -0.2) is 4.98 Å². The fourth-order valence-corrected chi connectivity index (χ4v) is 2.58. The van der Waals surface area contributed by atoms with E-state index in [0.29, 0.717) is 6.54 Å². The molecule has 25 heavy (non-hydrogen) atoms. The minimum Gasteiger partial charge on any atom is -0.476 e. The highest BCUT2D eigenvalue weighted by Gasteiger charge is 2.31. The second-order valence-electron chi connectivity index (χ2n) is 6.54. The second kappa shape index (κ2) is 8.91. The molecule has 1 aromatic heterocycles. The maximum atomic E-state index is 12.4. The van der Waals surface area contributed by atoms with Crippen molar-refractivity contribution >= 4 is 29.9 Å². The van der Waals surface area contributed by atoms with Gasteiger partial charge in [0.1, 0.15) is 6.61 Å². The van der Waals surface area contributed by atoms with Crippen molar-refractivity contribution in [1.82, 2.24) is 15.2 Å². The molecule has 2 rings (SSSR count). The molecule has 1 aliphatic rings. The summed E-state index contributed by atoms with van der Waals surface area (Å²) in [6.45, 7) is 7.11. The number of rotatable bonds is 4. The van der Waals surface area contributed by atoms with Gasteiger partial charge in [-0.05, 0) is 17.9 Å². The molecule has 2 heterocycles. The molecule has 0 aromatic carbocycles. The lowest BCUT2D eigenvalue weighted by atomic mass is 9.93. The summed E-state index contributed by atoms with van der Waals surface area (Å²) in [6, 6.07) is 2.18. The summed E-state index contributed by atoms with van der Waals surface area (Å²) < 4.78 is 42.7. The topological polar surface area (TPSA) is 49.8 Å².